The minimum atomic E-state index is 0.136. The maximum absolute atomic E-state index is 11.7. The van der Waals surface area contributed by atoms with Gasteiger partial charge in [0.05, 0.1) is 0 Å². The summed E-state index contributed by atoms with van der Waals surface area (Å²) in [7, 11) is 0. The van der Waals surface area contributed by atoms with Crippen molar-refractivity contribution in [3.8, 4) is 0 Å². The minimum Gasteiger partial charge on any atom is -0.361 e. The number of aromatic amines is 1. The van der Waals surface area contributed by atoms with Gasteiger partial charge in [0.25, 0.3) is 0 Å². The zero-order valence-corrected chi connectivity index (χ0v) is 11.0. The number of nitrogens with one attached hydrogen (secondary N) is 2. The number of fused-ring (bicyclic) bond motifs is 1. The molecule has 3 heteroatoms. The lowest BCUT2D eigenvalue weighted by Gasteiger charge is -2.11. The van der Waals surface area contributed by atoms with Crippen LogP contribution in [-0.4, -0.2) is 16.9 Å². The van der Waals surface area contributed by atoms with Crippen LogP contribution in [0.1, 0.15) is 32.3 Å². The van der Waals surface area contributed by atoms with Gasteiger partial charge in [-0.05, 0) is 37.5 Å². The number of hydrogen-bond donors (Lipinski definition) is 2. The quantitative estimate of drug-likeness (QED) is 0.834. The highest BCUT2D eigenvalue weighted by Crippen LogP contribution is 2.18. The van der Waals surface area contributed by atoms with Gasteiger partial charge in [-0.2, -0.15) is 0 Å². The van der Waals surface area contributed by atoms with Crippen molar-refractivity contribution < 1.29 is 4.79 Å². The first-order chi connectivity index (χ1) is 8.70. The second kappa shape index (κ2) is 5.71. The SMILES string of the molecule is CC[C@@H](C)NC(=O)CCc1cccc2[nH]ccc12. The molecule has 18 heavy (non-hydrogen) atoms. The standard InChI is InChI=1S/C15H20N2O/c1-3-11(2)17-15(18)8-7-12-5-4-6-14-13(12)9-10-16-14/h4-6,9-11,16H,3,7-8H2,1-2H3,(H,17,18)/t11-/m1/s1. The van der Waals surface area contributed by atoms with E-state index < -0.39 is 0 Å². The molecule has 0 aliphatic heterocycles. The van der Waals surface area contributed by atoms with Crippen LogP contribution < -0.4 is 5.32 Å². The normalized spacial score (nSPS) is 12.6. The summed E-state index contributed by atoms with van der Waals surface area (Å²) in [5.74, 6) is 0.136. The Morgan fingerprint density at radius 3 is 3.00 bits per heavy atom. The summed E-state index contributed by atoms with van der Waals surface area (Å²) in [4.78, 5) is 14.9. The Morgan fingerprint density at radius 1 is 1.39 bits per heavy atom. The van der Waals surface area contributed by atoms with Crippen molar-refractivity contribution in [2.75, 3.05) is 0 Å². The van der Waals surface area contributed by atoms with Crippen LogP contribution in [0, 0.1) is 0 Å². The molecule has 0 saturated heterocycles. The monoisotopic (exact) mass is 244 g/mol. The average molecular weight is 244 g/mol. The highest BCUT2D eigenvalue weighted by molar-refractivity contribution is 5.84. The van der Waals surface area contributed by atoms with Gasteiger partial charge in [-0.15, -0.1) is 0 Å². The lowest BCUT2D eigenvalue weighted by atomic mass is 10.0. The predicted octanol–water partition coefficient (Wildman–Crippen LogP) is 3.02. The molecule has 1 atom stereocenters. The molecule has 3 nitrogen and oxygen atoms in total. The Labute approximate surface area is 108 Å². The van der Waals surface area contributed by atoms with Crippen molar-refractivity contribution in [3.05, 3.63) is 36.0 Å². The fraction of sp³-hybridized carbons (Fsp3) is 0.400. The van der Waals surface area contributed by atoms with Gasteiger partial charge in [-0.1, -0.05) is 19.1 Å². The Bertz CT molecular complexity index is 530. The van der Waals surface area contributed by atoms with Crippen molar-refractivity contribution in [1.29, 1.82) is 0 Å². The Kier molecular flexibility index (Phi) is 4.03. The predicted molar refractivity (Wildman–Crippen MR) is 74.5 cm³/mol. The summed E-state index contributed by atoms with van der Waals surface area (Å²) >= 11 is 0. The molecule has 96 valence electrons. The van der Waals surface area contributed by atoms with E-state index in [2.05, 4.69) is 35.4 Å². The molecule has 2 rings (SSSR count). The maximum atomic E-state index is 11.7. The van der Waals surface area contributed by atoms with E-state index in [-0.39, 0.29) is 11.9 Å². The topological polar surface area (TPSA) is 44.9 Å². The molecule has 0 fully saturated rings. The van der Waals surface area contributed by atoms with Crippen LogP contribution in [0.3, 0.4) is 0 Å². The Balaban J connectivity index is 1.98. The van der Waals surface area contributed by atoms with Crippen molar-refractivity contribution >= 4 is 16.8 Å². The third kappa shape index (κ3) is 2.92. The summed E-state index contributed by atoms with van der Waals surface area (Å²) < 4.78 is 0. The van der Waals surface area contributed by atoms with Crippen LogP contribution >= 0.6 is 0 Å². The molecule has 2 N–H and O–H groups in total. The highest BCUT2D eigenvalue weighted by Gasteiger charge is 2.07. The third-order valence-electron chi connectivity index (χ3n) is 3.33. The Hall–Kier alpha value is -1.77. The number of amides is 1. The van der Waals surface area contributed by atoms with E-state index in [0.717, 1.165) is 18.4 Å². The molecule has 0 radical (unpaired) electrons. The molecule has 0 bridgehead atoms. The highest BCUT2D eigenvalue weighted by atomic mass is 16.1. The van der Waals surface area contributed by atoms with Crippen LogP contribution in [0.15, 0.2) is 30.5 Å². The van der Waals surface area contributed by atoms with Gasteiger partial charge in [0.2, 0.25) is 5.91 Å². The van der Waals surface area contributed by atoms with E-state index in [1.807, 2.05) is 19.2 Å². The number of benzene rings is 1. The molecule has 1 aromatic carbocycles. The van der Waals surface area contributed by atoms with Gasteiger partial charge in [0, 0.05) is 29.6 Å². The number of aromatic nitrogens is 1. The van der Waals surface area contributed by atoms with Crippen LogP contribution in [0.25, 0.3) is 10.9 Å². The van der Waals surface area contributed by atoms with Crippen LogP contribution in [0.5, 0.6) is 0 Å². The molecule has 1 aromatic heterocycles. The molecule has 0 saturated carbocycles. The minimum absolute atomic E-state index is 0.136. The molecule has 0 aliphatic rings. The van der Waals surface area contributed by atoms with E-state index in [0.29, 0.717) is 6.42 Å². The smallest absolute Gasteiger partial charge is 0.220 e. The second-order valence-corrected chi connectivity index (χ2v) is 4.73. The first-order valence-corrected chi connectivity index (χ1v) is 6.55. The molecular weight excluding hydrogens is 224 g/mol. The lowest BCUT2D eigenvalue weighted by molar-refractivity contribution is -0.121. The largest absolute Gasteiger partial charge is 0.361 e. The fourth-order valence-electron chi connectivity index (χ4n) is 2.07. The summed E-state index contributed by atoms with van der Waals surface area (Å²) in [5, 5.41) is 4.21. The second-order valence-electron chi connectivity index (χ2n) is 4.73. The summed E-state index contributed by atoms with van der Waals surface area (Å²) in [5.41, 5.74) is 2.36. The van der Waals surface area contributed by atoms with Crippen molar-refractivity contribution in [2.24, 2.45) is 0 Å². The summed E-state index contributed by atoms with van der Waals surface area (Å²) in [6.45, 7) is 4.11. The van der Waals surface area contributed by atoms with Gasteiger partial charge >= 0.3 is 0 Å². The average Bonchev–Trinajstić information content (AvgIpc) is 2.84. The van der Waals surface area contributed by atoms with E-state index >= 15 is 0 Å². The van der Waals surface area contributed by atoms with Gasteiger partial charge < -0.3 is 10.3 Å². The zero-order valence-electron chi connectivity index (χ0n) is 11.0. The number of carbonyl (C=O) groups is 1. The number of carbonyl (C=O) groups excluding carboxylic acids is 1. The molecule has 0 unspecified atom stereocenters. The van der Waals surface area contributed by atoms with Crippen molar-refractivity contribution in [2.45, 2.75) is 39.2 Å². The van der Waals surface area contributed by atoms with Gasteiger partial charge in [-0.3, -0.25) is 4.79 Å². The van der Waals surface area contributed by atoms with Gasteiger partial charge in [-0.25, -0.2) is 0 Å². The molecule has 0 aliphatic carbocycles. The van der Waals surface area contributed by atoms with Gasteiger partial charge in [0.15, 0.2) is 0 Å². The summed E-state index contributed by atoms with van der Waals surface area (Å²) in [6, 6.07) is 8.50. The number of hydrogen-bond acceptors (Lipinski definition) is 1. The number of H-pyrrole nitrogens is 1. The molecular formula is C15H20N2O. The van der Waals surface area contributed by atoms with E-state index in [1.54, 1.807) is 0 Å². The molecule has 1 heterocycles. The van der Waals surface area contributed by atoms with Crippen LogP contribution in [0.4, 0.5) is 0 Å². The molecule has 0 spiro atoms. The fourth-order valence-corrected chi connectivity index (χ4v) is 2.07. The first kappa shape index (κ1) is 12.7. The molecule has 2 aromatic rings. The van der Waals surface area contributed by atoms with Crippen molar-refractivity contribution in [1.82, 2.24) is 10.3 Å². The molecule has 1 amide bonds. The Morgan fingerprint density at radius 2 is 2.22 bits per heavy atom. The third-order valence-corrected chi connectivity index (χ3v) is 3.33. The number of rotatable bonds is 5. The van der Waals surface area contributed by atoms with Crippen molar-refractivity contribution in [3.63, 3.8) is 0 Å². The summed E-state index contributed by atoms with van der Waals surface area (Å²) in [6.07, 6.45) is 4.25. The first-order valence-electron chi connectivity index (χ1n) is 6.55. The van der Waals surface area contributed by atoms with Gasteiger partial charge in [0.1, 0.15) is 0 Å². The number of aryl methyl sites for hydroxylation is 1. The maximum Gasteiger partial charge on any atom is 0.220 e. The zero-order chi connectivity index (χ0) is 13.0. The van der Waals surface area contributed by atoms with E-state index in [9.17, 15) is 4.79 Å². The lowest BCUT2D eigenvalue weighted by Crippen LogP contribution is -2.32. The van der Waals surface area contributed by atoms with E-state index in [4.69, 9.17) is 0 Å². The van der Waals surface area contributed by atoms with E-state index in [1.165, 1.54) is 10.9 Å². The van der Waals surface area contributed by atoms with Crippen LogP contribution in [0.2, 0.25) is 0 Å². The van der Waals surface area contributed by atoms with Crippen LogP contribution in [-0.2, 0) is 11.2 Å².